The Morgan fingerprint density at radius 2 is 1.44 bits per heavy atom. The molecule has 4 rings (SSSR count). The van der Waals surface area contributed by atoms with Gasteiger partial charge in [0.15, 0.2) is 12.4 Å². The molecule has 4 atom stereocenters. The molecule has 0 aromatic heterocycles. The van der Waals surface area contributed by atoms with E-state index in [1.165, 1.54) is 6.92 Å². The van der Waals surface area contributed by atoms with Gasteiger partial charge in [-0.3, -0.25) is 19.2 Å². The van der Waals surface area contributed by atoms with Crippen LogP contribution in [0.15, 0.2) is 54.6 Å². The van der Waals surface area contributed by atoms with Crippen LogP contribution in [0.3, 0.4) is 0 Å². The van der Waals surface area contributed by atoms with E-state index in [1.54, 1.807) is 36.4 Å². The molecule has 7 nitrogen and oxygen atoms in total. The SMILES string of the molecule is CC(=O)Nc1ccc(NC(=O)COC(=O)[C@H]2[C@H]3CC[C@@H](C3)[C@@H]2C(=O)c2ccccc2)cc1. The third kappa shape index (κ3) is 4.72. The van der Waals surface area contributed by atoms with Crippen LogP contribution >= 0.6 is 0 Å². The lowest BCUT2D eigenvalue weighted by Gasteiger charge is -2.28. The Labute approximate surface area is 186 Å². The molecule has 32 heavy (non-hydrogen) atoms. The highest BCUT2D eigenvalue weighted by atomic mass is 16.5. The smallest absolute Gasteiger partial charge is 0.310 e. The molecule has 2 saturated carbocycles. The summed E-state index contributed by atoms with van der Waals surface area (Å²) >= 11 is 0. The van der Waals surface area contributed by atoms with Crippen LogP contribution in [-0.2, 0) is 19.1 Å². The number of esters is 1. The van der Waals surface area contributed by atoms with Gasteiger partial charge in [-0.1, -0.05) is 30.3 Å². The predicted octanol–water partition coefficient (Wildman–Crippen LogP) is 3.67. The topological polar surface area (TPSA) is 102 Å². The van der Waals surface area contributed by atoms with Gasteiger partial charge in [0.25, 0.3) is 5.91 Å². The Balaban J connectivity index is 1.35. The van der Waals surface area contributed by atoms with Crippen LogP contribution in [0.2, 0.25) is 0 Å². The highest BCUT2D eigenvalue weighted by molar-refractivity contribution is 6.01. The van der Waals surface area contributed by atoms with Gasteiger partial charge in [-0.2, -0.15) is 0 Å². The number of amides is 2. The number of ketones is 1. The summed E-state index contributed by atoms with van der Waals surface area (Å²) in [6, 6.07) is 15.7. The van der Waals surface area contributed by atoms with E-state index in [0.29, 0.717) is 16.9 Å². The van der Waals surface area contributed by atoms with Crippen LogP contribution in [0.5, 0.6) is 0 Å². The van der Waals surface area contributed by atoms with Crippen LogP contribution in [-0.4, -0.2) is 30.2 Å². The number of benzene rings is 2. The number of Topliss-reactive ketones (excluding diaryl/α,β-unsaturated/α-hetero) is 1. The maximum atomic E-state index is 13.1. The van der Waals surface area contributed by atoms with Crippen LogP contribution in [0, 0.1) is 23.7 Å². The van der Waals surface area contributed by atoms with Gasteiger partial charge in [0.2, 0.25) is 5.91 Å². The standard InChI is InChI=1S/C25H26N2O5/c1-15(28)26-19-9-11-20(12-10-19)27-21(29)14-32-25(31)23-18-8-7-17(13-18)22(23)24(30)16-5-3-2-4-6-16/h2-6,9-12,17-18,22-23H,7-8,13-14H2,1H3,(H,26,28)(H,27,29)/t17-,18-,22-,23-/m0/s1. The lowest BCUT2D eigenvalue weighted by atomic mass is 9.75. The first-order valence-corrected chi connectivity index (χ1v) is 10.9. The van der Waals surface area contributed by atoms with E-state index in [2.05, 4.69) is 10.6 Å². The van der Waals surface area contributed by atoms with E-state index in [4.69, 9.17) is 4.74 Å². The molecule has 0 saturated heterocycles. The number of hydrogen-bond donors (Lipinski definition) is 2. The average Bonchev–Trinajstić information content (AvgIpc) is 3.40. The van der Waals surface area contributed by atoms with E-state index < -0.39 is 24.4 Å². The predicted molar refractivity (Wildman–Crippen MR) is 119 cm³/mol. The third-order valence-corrected chi connectivity index (χ3v) is 6.38. The van der Waals surface area contributed by atoms with E-state index in [9.17, 15) is 19.2 Å². The van der Waals surface area contributed by atoms with Gasteiger partial charge in [0, 0.05) is 29.8 Å². The van der Waals surface area contributed by atoms with Crippen LogP contribution in [0.25, 0.3) is 0 Å². The first-order chi connectivity index (χ1) is 15.4. The minimum absolute atomic E-state index is 0.0107. The Bertz CT molecular complexity index is 1020. The highest BCUT2D eigenvalue weighted by Gasteiger charge is 2.54. The van der Waals surface area contributed by atoms with Crippen LogP contribution in [0.1, 0.15) is 36.5 Å². The Morgan fingerprint density at radius 1 is 0.844 bits per heavy atom. The number of fused-ring (bicyclic) bond motifs is 2. The average molecular weight is 434 g/mol. The number of hydrogen-bond acceptors (Lipinski definition) is 5. The summed E-state index contributed by atoms with van der Waals surface area (Å²) in [5.41, 5.74) is 1.76. The van der Waals surface area contributed by atoms with Crippen molar-refractivity contribution in [3.8, 4) is 0 Å². The van der Waals surface area contributed by atoms with Crippen molar-refractivity contribution in [3.63, 3.8) is 0 Å². The molecule has 2 fully saturated rings. The van der Waals surface area contributed by atoms with Gasteiger partial charge in [-0.15, -0.1) is 0 Å². The van der Waals surface area contributed by atoms with E-state index >= 15 is 0 Å². The Kier molecular flexibility index (Phi) is 6.35. The zero-order valence-corrected chi connectivity index (χ0v) is 17.9. The van der Waals surface area contributed by atoms with Crippen LogP contribution in [0.4, 0.5) is 11.4 Å². The molecule has 166 valence electrons. The van der Waals surface area contributed by atoms with Crippen molar-refractivity contribution in [2.45, 2.75) is 26.2 Å². The fourth-order valence-corrected chi connectivity index (χ4v) is 5.07. The molecule has 2 aliphatic carbocycles. The zero-order chi connectivity index (χ0) is 22.7. The molecule has 2 amide bonds. The second-order valence-corrected chi connectivity index (χ2v) is 8.53. The lowest BCUT2D eigenvalue weighted by Crippen LogP contribution is -2.37. The van der Waals surface area contributed by atoms with Crippen molar-refractivity contribution in [1.29, 1.82) is 0 Å². The second-order valence-electron chi connectivity index (χ2n) is 8.53. The summed E-state index contributed by atoms with van der Waals surface area (Å²) < 4.78 is 5.35. The molecule has 0 unspecified atom stereocenters. The van der Waals surface area contributed by atoms with Gasteiger partial charge in [0.05, 0.1) is 5.92 Å². The normalized spacial score (nSPS) is 23.4. The molecule has 2 aromatic rings. The number of ether oxygens (including phenoxy) is 1. The van der Waals surface area contributed by atoms with Gasteiger partial charge in [-0.05, 0) is 55.4 Å². The zero-order valence-electron chi connectivity index (χ0n) is 17.9. The van der Waals surface area contributed by atoms with Gasteiger partial charge < -0.3 is 15.4 Å². The van der Waals surface area contributed by atoms with Gasteiger partial charge >= 0.3 is 5.97 Å². The largest absolute Gasteiger partial charge is 0.455 e. The molecule has 2 aromatic carbocycles. The molecule has 0 aliphatic heterocycles. The molecule has 7 heteroatoms. The van der Waals surface area contributed by atoms with Crippen molar-refractivity contribution < 1.29 is 23.9 Å². The molecule has 2 aliphatic rings. The maximum Gasteiger partial charge on any atom is 0.310 e. The molecular formula is C25H26N2O5. The van der Waals surface area contributed by atoms with Crippen molar-refractivity contribution >= 4 is 34.9 Å². The summed E-state index contributed by atoms with van der Waals surface area (Å²) in [5, 5.41) is 5.31. The maximum absolute atomic E-state index is 13.1. The summed E-state index contributed by atoms with van der Waals surface area (Å²) in [6.07, 6.45) is 2.72. The van der Waals surface area contributed by atoms with Gasteiger partial charge in [0.1, 0.15) is 0 Å². The van der Waals surface area contributed by atoms with Crippen molar-refractivity contribution in [2.24, 2.45) is 23.7 Å². The van der Waals surface area contributed by atoms with Gasteiger partial charge in [-0.25, -0.2) is 0 Å². The van der Waals surface area contributed by atoms with Crippen molar-refractivity contribution in [3.05, 3.63) is 60.2 Å². The number of nitrogens with one attached hydrogen (secondary N) is 2. The lowest BCUT2D eigenvalue weighted by molar-refractivity contribution is -0.154. The summed E-state index contributed by atoms with van der Waals surface area (Å²) in [4.78, 5) is 49.3. The molecule has 2 N–H and O–H groups in total. The fourth-order valence-electron chi connectivity index (χ4n) is 5.07. The summed E-state index contributed by atoms with van der Waals surface area (Å²) in [6.45, 7) is 1.00. The van der Waals surface area contributed by atoms with Crippen LogP contribution < -0.4 is 10.6 Å². The quantitative estimate of drug-likeness (QED) is 0.511. The minimum atomic E-state index is -0.494. The number of carbonyl (C=O) groups excluding carboxylic acids is 4. The van der Waals surface area contributed by atoms with E-state index in [0.717, 1.165) is 19.3 Å². The molecule has 0 radical (unpaired) electrons. The molecular weight excluding hydrogens is 408 g/mol. The summed E-state index contributed by atoms with van der Waals surface area (Å²) in [5.74, 6) is -1.67. The summed E-state index contributed by atoms with van der Waals surface area (Å²) in [7, 11) is 0. The monoisotopic (exact) mass is 434 g/mol. The number of rotatable bonds is 7. The fraction of sp³-hybridized carbons (Fsp3) is 0.360. The first-order valence-electron chi connectivity index (χ1n) is 10.9. The Hall–Kier alpha value is -3.48. The first kappa shape index (κ1) is 21.7. The third-order valence-electron chi connectivity index (χ3n) is 6.38. The van der Waals surface area contributed by atoms with E-state index in [1.807, 2.05) is 18.2 Å². The van der Waals surface area contributed by atoms with Crippen molar-refractivity contribution in [2.75, 3.05) is 17.2 Å². The van der Waals surface area contributed by atoms with E-state index in [-0.39, 0.29) is 29.4 Å². The number of anilines is 2. The number of carbonyl (C=O) groups is 4. The molecule has 0 heterocycles. The highest BCUT2D eigenvalue weighted by Crippen LogP contribution is 2.53. The van der Waals surface area contributed by atoms with Crippen molar-refractivity contribution in [1.82, 2.24) is 0 Å². The molecule has 2 bridgehead atoms. The molecule has 0 spiro atoms. The minimum Gasteiger partial charge on any atom is -0.455 e. The Morgan fingerprint density at radius 3 is 2.06 bits per heavy atom. The second kappa shape index (κ2) is 9.34.